The maximum atomic E-state index is 13.3. The third-order valence-electron chi connectivity index (χ3n) is 2.93. The molecule has 0 unspecified atom stereocenters. The molecule has 10 heteroatoms. The highest BCUT2D eigenvalue weighted by molar-refractivity contribution is 9.10. The topological polar surface area (TPSA) is 107 Å². The summed E-state index contributed by atoms with van der Waals surface area (Å²) in [6.07, 6.45) is 2.06. The van der Waals surface area contributed by atoms with Gasteiger partial charge in [-0.1, -0.05) is 17.8 Å². The first-order valence-electron chi connectivity index (χ1n) is 6.49. The Balaban J connectivity index is 0.00000208. The van der Waals surface area contributed by atoms with E-state index < -0.39 is 0 Å². The van der Waals surface area contributed by atoms with Crippen LogP contribution in [0.2, 0.25) is 0 Å². The Bertz CT molecular complexity index is 826. The standard InChI is InChI=1S/C14H10BrFN4OS2.H2O/c15-9-5-8(1-2-10(9)16)6-11(17)13-14(20-21-19-13)23-7-12-18-3-4-22-12;/h1-5,17H,6-7H2;1H2. The molecule has 0 amide bonds. The summed E-state index contributed by atoms with van der Waals surface area (Å²) in [6.45, 7) is 0. The second kappa shape index (κ2) is 8.47. The van der Waals surface area contributed by atoms with Crippen molar-refractivity contribution >= 4 is 44.7 Å². The molecule has 2 heterocycles. The molecule has 0 spiro atoms. The normalized spacial score (nSPS) is 10.4. The van der Waals surface area contributed by atoms with E-state index in [1.54, 1.807) is 29.7 Å². The van der Waals surface area contributed by atoms with E-state index in [0.717, 1.165) is 10.6 Å². The molecule has 3 N–H and O–H groups in total. The second-order valence-electron chi connectivity index (χ2n) is 4.54. The highest BCUT2D eigenvalue weighted by Crippen LogP contribution is 2.25. The Morgan fingerprint density at radius 3 is 2.92 bits per heavy atom. The van der Waals surface area contributed by atoms with Crippen LogP contribution in [0.15, 0.2) is 43.9 Å². The van der Waals surface area contributed by atoms with Gasteiger partial charge in [0.2, 0.25) is 0 Å². The summed E-state index contributed by atoms with van der Waals surface area (Å²) in [7, 11) is 0. The molecule has 0 saturated heterocycles. The maximum absolute atomic E-state index is 13.3. The van der Waals surface area contributed by atoms with Crippen molar-refractivity contribution in [2.75, 3.05) is 0 Å². The molecule has 3 rings (SSSR count). The maximum Gasteiger partial charge on any atom is 0.170 e. The lowest BCUT2D eigenvalue weighted by atomic mass is 10.1. The summed E-state index contributed by atoms with van der Waals surface area (Å²) in [5.74, 6) is 0.317. The largest absolute Gasteiger partial charge is 0.412 e. The number of thioether (sulfide) groups is 1. The summed E-state index contributed by atoms with van der Waals surface area (Å²) in [5, 5.41) is 19.3. The van der Waals surface area contributed by atoms with E-state index in [2.05, 4.69) is 31.2 Å². The molecule has 24 heavy (non-hydrogen) atoms. The van der Waals surface area contributed by atoms with E-state index in [4.69, 9.17) is 10.0 Å². The quantitative estimate of drug-likeness (QED) is 0.475. The zero-order valence-corrected chi connectivity index (χ0v) is 15.3. The van der Waals surface area contributed by atoms with Crippen LogP contribution in [-0.2, 0) is 12.2 Å². The van der Waals surface area contributed by atoms with Crippen LogP contribution in [-0.4, -0.2) is 26.5 Å². The molecule has 6 nitrogen and oxygen atoms in total. The summed E-state index contributed by atoms with van der Waals surface area (Å²) < 4.78 is 18.4. The van der Waals surface area contributed by atoms with Crippen LogP contribution in [0.25, 0.3) is 0 Å². The molecule has 0 atom stereocenters. The van der Waals surface area contributed by atoms with Gasteiger partial charge in [-0.15, -0.1) is 11.3 Å². The smallest absolute Gasteiger partial charge is 0.170 e. The monoisotopic (exact) mass is 430 g/mol. The second-order valence-corrected chi connectivity index (χ2v) is 7.33. The van der Waals surface area contributed by atoms with Gasteiger partial charge in [0.15, 0.2) is 10.7 Å². The lowest BCUT2D eigenvalue weighted by Gasteiger charge is -2.03. The number of aromatic nitrogens is 3. The third kappa shape index (κ3) is 4.47. The molecule has 2 aromatic heterocycles. The van der Waals surface area contributed by atoms with Crippen molar-refractivity contribution in [1.29, 1.82) is 5.41 Å². The Morgan fingerprint density at radius 2 is 2.21 bits per heavy atom. The molecule has 3 aromatic rings. The van der Waals surface area contributed by atoms with Gasteiger partial charge in [0.1, 0.15) is 10.8 Å². The fourth-order valence-electron chi connectivity index (χ4n) is 1.85. The van der Waals surface area contributed by atoms with Crippen molar-refractivity contribution in [1.82, 2.24) is 15.3 Å². The first-order valence-corrected chi connectivity index (χ1v) is 9.15. The SMILES string of the molecule is N=C(Cc1ccc(F)c(Br)c1)c1nonc1SCc1nccs1.O. The number of hydrogen-bond acceptors (Lipinski definition) is 7. The van der Waals surface area contributed by atoms with Crippen molar-refractivity contribution in [3.05, 3.63) is 56.3 Å². The molecular formula is C14H12BrFN4O2S2. The van der Waals surface area contributed by atoms with Gasteiger partial charge in [-0.2, -0.15) is 0 Å². The minimum Gasteiger partial charge on any atom is -0.412 e. The van der Waals surface area contributed by atoms with Crippen LogP contribution in [0.3, 0.4) is 0 Å². The third-order valence-corrected chi connectivity index (χ3v) is 5.45. The fraction of sp³-hybridized carbons (Fsp3) is 0.143. The molecule has 0 saturated carbocycles. The molecule has 1 aromatic carbocycles. The summed E-state index contributed by atoms with van der Waals surface area (Å²) in [6, 6.07) is 4.66. The highest BCUT2D eigenvalue weighted by atomic mass is 79.9. The molecule has 0 radical (unpaired) electrons. The minimum atomic E-state index is -0.330. The van der Waals surface area contributed by atoms with Gasteiger partial charge in [0.25, 0.3) is 0 Å². The number of hydrogen-bond donors (Lipinski definition) is 1. The van der Waals surface area contributed by atoms with E-state index in [-0.39, 0.29) is 17.0 Å². The van der Waals surface area contributed by atoms with Crippen molar-refractivity contribution in [2.45, 2.75) is 17.2 Å². The number of rotatable bonds is 6. The van der Waals surface area contributed by atoms with Crippen molar-refractivity contribution in [3.63, 3.8) is 0 Å². The minimum absolute atomic E-state index is 0. The average molecular weight is 431 g/mol. The average Bonchev–Trinajstić information content (AvgIpc) is 3.19. The lowest BCUT2D eigenvalue weighted by molar-refractivity contribution is 0.298. The van der Waals surface area contributed by atoms with Crippen LogP contribution >= 0.6 is 39.0 Å². The molecule has 126 valence electrons. The first kappa shape index (κ1) is 18.7. The molecule has 0 bridgehead atoms. The fourth-order valence-corrected chi connectivity index (χ4v) is 3.84. The van der Waals surface area contributed by atoms with Gasteiger partial charge in [-0.25, -0.2) is 14.0 Å². The predicted molar refractivity (Wildman–Crippen MR) is 94.2 cm³/mol. The molecule has 0 aliphatic heterocycles. The van der Waals surface area contributed by atoms with Crippen LogP contribution in [0.5, 0.6) is 0 Å². The number of nitrogens with zero attached hydrogens (tertiary/aromatic N) is 3. The summed E-state index contributed by atoms with van der Waals surface area (Å²) in [5.41, 5.74) is 1.49. The number of halogens is 2. The Hall–Kier alpha value is -1.62. The predicted octanol–water partition coefficient (Wildman–Crippen LogP) is 3.51. The summed E-state index contributed by atoms with van der Waals surface area (Å²) >= 11 is 6.13. The van der Waals surface area contributed by atoms with Crippen LogP contribution in [0.4, 0.5) is 4.39 Å². The van der Waals surface area contributed by atoms with Gasteiger partial charge >= 0.3 is 0 Å². The van der Waals surface area contributed by atoms with Crippen LogP contribution < -0.4 is 0 Å². The summed E-state index contributed by atoms with van der Waals surface area (Å²) in [4.78, 5) is 4.20. The van der Waals surface area contributed by atoms with E-state index in [1.807, 2.05) is 5.38 Å². The van der Waals surface area contributed by atoms with Gasteiger partial charge in [-0.3, -0.25) is 0 Å². The zero-order valence-electron chi connectivity index (χ0n) is 12.1. The zero-order chi connectivity index (χ0) is 16.2. The Labute approximate surface area is 153 Å². The lowest BCUT2D eigenvalue weighted by Crippen LogP contribution is -2.06. The van der Waals surface area contributed by atoms with E-state index in [9.17, 15) is 4.39 Å². The van der Waals surface area contributed by atoms with Crippen LogP contribution in [0.1, 0.15) is 16.3 Å². The van der Waals surface area contributed by atoms with Gasteiger partial charge < -0.3 is 10.9 Å². The molecule has 0 fully saturated rings. The number of thiazole rings is 1. The van der Waals surface area contributed by atoms with Crippen molar-refractivity contribution in [3.8, 4) is 0 Å². The van der Waals surface area contributed by atoms with Gasteiger partial charge in [0.05, 0.1) is 15.9 Å². The number of nitrogens with one attached hydrogen (secondary N) is 1. The van der Waals surface area contributed by atoms with E-state index in [0.29, 0.717) is 27.4 Å². The molecule has 0 aliphatic rings. The molecular weight excluding hydrogens is 419 g/mol. The van der Waals surface area contributed by atoms with Crippen molar-refractivity contribution < 1.29 is 14.5 Å². The Kier molecular flexibility index (Phi) is 6.60. The highest BCUT2D eigenvalue weighted by Gasteiger charge is 2.17. The Morgan fingerprint density at radius 1 is 1.38 bits per heavy atom. The van der Waals surface area contributed by atoms with Crippen LogP contribution in [0, 0.1) is 11.2 Å². The first-order chi connectivity index (χ1) is 11.1. The number of benzene rings is 1. The van der Waals surface area contributed by atoms with E-state index >= 15 is 0 Å². The van der Waals surface area contributed by atoms with E-state index in [1.165, 1.54) is 17.8 Å². The molecule has 0 aliphatic carbocycles. The van der Waals surface area contributed by atoms with Crippen molar-refractivity contribution in [2.24, 2.45) is 0 Å². The van der Waals surface area contributed by atoms with Gasteiger partial charge in [0, 0.05) is 18.0 Å². The van der Waals surface area contributed by atoms with Gasteiger partial charge in [-0.05, 0) is 43.9 Å².